The van der Waals surface area contributed by atoms with Gasteiger partial charge in [-0.1, -0.05) is 13.8 Å². The highest BCUT2D eigenvalue weighted by atomic mass is 16.5. The van der Waals surface area contributed by atoms with Crippen molar-refractivity contribution in [3.05, 3.63) is 46.8 Å². The number of Topliss-reactive ketones (excluding diaryl/α,β-unsaturated/α-hetero) is 1. The predicted molar refractivity (Wildman–Crippen MR) is 118 cm³/mol. The van der Waals surface area contributed by atoms with Crippen molar-refractivity contribution in [2.75, 3.05) is 34.0 Å². The van der Waals surface area contributed by atoms with E-state index in [1.807, 2.05) is 40.7 Å². The number of methoxy groups -OCH3 is 2. The highest BCUT2D eigenvalue weighted by Gasteiger charge is 2.21. The average molecular weight is 432 g/mol. The number of ketones is 1. The summed E-state index contributed by atoms with van der Waals surface area (Å²) in [4.78, 5) is 25.2. The largest absolute Gasteiger partial charge is 0.493 e. The highest BCUT2D eigenvalue weighted by Crippen LogP contribution is 2.29. The van der Waals surface area contributed by atoms with E-state index in [0.717, 1.165) is 11.4 Å². The topological polar surface area (TPSA) is 76.0 Å². The highest BCUT2D eigenvalue weighted by molar-refractivity contribution is 6.00. The van der Waals surface area contributed by atoms with Gasteiger partial charge in [0.25, 0.3) is 0 Å². The van der Waals surface area contributed by atoms with Gasteiger partial charge in [-0.2, -0.15) is 0 Å². The minimum atomic E-state index is -0.594. The minimum absolute atomic E-state index is 0.0954. The summed E-state index contributed by atoms with van der Waals surface area (Å²) in [5, 5.41) is 0. The molecule has 2 aromatic rings. The van der Waals surface area contributed by atoms with Crippen LogP contribution in [0.3, 0.4) is 0 Å². The maximum absolute atomic E-state index is 12.7. The van der Waals surface area contributed by atoms with E-state index in [1.54, 1.807) is 25.3 Å². The molecule has 170 valence electrons. The lowest BCUT2D eigenvalue weighted by atomic mass is 10.1. The van der Waals surface area contributed by atoms with E-state index < -0.39 is 5.97 Å². The molecule has 0 bridgehead atoms. The van der Waals surface area contributed by atoms with Gasteiger partial charge in [-0.15, -0.1) is 0 Å². The van der Waals surface area contributed by atoms with Crippen LogP contribution in [0, 0.1) is 19.8 Å². The third-order valence-electron chi connectivity index (χ3n) is 4.94. The predicted octanol–water partition coefficient (Wildman–Crippen LogP) is 4.40. The first-order valence-corrected chi connectivity index (χ1v) is 10.4. The van der Waals surface area contributed by atoms with Gasteiger partial charge in [0.15, 0.2) is 18.1 Å². The average Bonchev–Trinajstić information content (AvgIpc) is 3.04. The van der Waals surface area contributed by atoms with Gasteiger partial charge < -0.3 is 23.5 Å². The third kappa shape index (κ3) is 6.10. The molecule has 0 amide bonds. The first kappa shape index (κ1) is 24.5. The minimum Gasteiger partial charge on any atom is -0.493 e. The van der Waals surface area contributed by atoms with Crippen molar-refractivity contribution in [2.24, 2.45) is 5.92 Å². The number of rotatable bonds is 11. The maximum Gasteiger partial charge on any atom is 0.338 e. The summed E-state index contributed by atoms with van der Waals surface area (Å²) in [5.41, 5.74) is 2.62. The second-order valence-electron chi connectivity index (χ2n) is 8.03. The number of carbonyl (C=O) groups excluding carboxylic acids is 2. The zero-order chi connectivity index (χ0) is 23.1. The first-order valence-electron chi connectivity index (χ1n) is 10.4. The fraction of sp³-hybridized carbons (Fsp3) is 0.500. The van der Waals surface area contributed by atoms with Gasteiger partial charge in [-0.05, 0) is 51.0 Å². The fourth-order valence-electron chi connectivity index (χ4n) is 3.52. The molecule has 7 heteroatoms. The number of carbonyl (C=O) groups is 2. The van der Waals surface area contributed by atoms with Gasteiger partial charge in [0.1, 0.15) is 0 Å². The second kappa shape index (κ2) is 11.0. The van der Waals surface area contributed by atoms with Crippen LogP contribution in [-0.2, 0) is 9.47 Å². The van der Waals surface area contributed by atoms with Crippen molar-refractivity contribution in [3.8, 4) is 11.5 Å². The summed E-state index contributed by atoms with van der Waals surface area (Å²) >= 11 is 0. The Bertz CT molecular complexity index is 915. The molecule has 0 fully saturated rings. The lowest BCUT2D eigenvalue weighted by molar-refractivity contribution is 0.0474. The Balaban J connectivity index is 2.07. The Morgan fingerprint density at radius 2 is 1.71 bits per heavy atom. The van der Waals surface area contributed by atoms with E-state index in [2.05, 4.69) is 4.57 Å². The summed E-state index contributed by atoms with van der Waals surface area (Å²) in [7, 11) is 3.16. The molecule has 1 aromatic heterocycles. The van der Waals surface area contributed by atoms with Crippen LogP contribution in [0.5, 0.6) is 11.5 Å². The van der Waals surface area contributed by atoms with Crippen LogP contribution in [0.25, 0.3) is 0 Å². The molecular formula is C24H33NO6. The van der Waals surface area contributed by atoms with E-state index in [0.29, 0.717) is 41.8 Å². The Kier molecular flexibility index (Phi) is 8.68. The van der Waals surface area contributed by atoms with Crippen molar-refractivity contribution in [2.45, 2.75) is 40.7 Å². The molecule has 0 radical (unpaired) electrons. The zero-order valence-electron chi connectivity index (χ0n) is 19.5. The molecule has 0 aliphatic rings. The van der Waals surface area contributed by atoms with Gasteiger partial charge in [-0.3, -0.25) is 4.79 Å². The molecule has 1 atom stereocenters. The number of aryl methyl sites for hydroxylation is 1. The number of esters is 1. The molecule has 2 rings (SSSR count). The summed E-state index contributed by atoms with van der Waals surface area (Å²) in [5.74, 6) is 0.517. The Hall–Kier alpha value is -2.80. The van der Waals surface area contributed by atoms with Crippen molar-refractivity contribution < 1.29 is 28.5 Å². The molecule has 0 N–H and O–H groups in total. The first-order chi connectivity index (χ1) is 14.7. The molecule has 0 aliphatic carbocycles. The number of ether oxygens (including phenoxy) is 4. The molecule has 0 aliphatic heterocycles. The van der Waals surface area contributed by atoms with E-state index in [4.69, 9.17) is 18.9 Å². The van der Waals surface area contributed by atoms with Crippen LogP contribution in [0.2, 0.25) is 0 Å². The van der Waals surface area contributed by atoms with Gasteiger partial charge in [0.05, 0.1) is 31.9 Å². The quantitative estimate of drug-likeness (QED) is 0.388. The standard InChI is InChI=1S/C24H33NO6/c1-15(2)12-30-22-9-8-19(11-23(22)29-7)24(27)31-14-21(26)20-10-16(3)25(18(20)5)17(4)13-28-6/h8-11,15,17H,12-14H2,1-7H3/t17-/m1/s1. The van der Waals surface area contributed by atoms with Gasteiger partial charge in [-0.25, -0.2) is 4.79 Å². The van der Waals surface area contributed by atoms with Gasteiger partial charge >= 0.3 is 5.97 Å². The van der Waals surface area contributed by atoms with Crippen LogP contribution >= 0.6 is 0 Å². The Labute approximate surface area is 184 Å². The van der Waals surface area contributed by atoms with E-state index in [9.17, 15) is 9.59 Å². The molecular weight excluding hydrogens is 398 g/mol. The summed E-state index contributed by atoms with van der Waals surface area (Å²) in [6.07, 6.45) is 0. The van der Waals surface area contributed by atoms with Crippen LogP contribution < -0.4 is 9.47 Å². The SMILES string of the molecule is COC[C@@H](C)n1c(C)cc(C(=O)COC(=O)c2ccc(OCC(C)C)c(OC)c2)c1C. The summed E-state index contributed by atoms with van der Waals surface area (Å²) in [6, 6.07) is 6.74. The van der Waals surface area contributed by atoms with Crippen LogP contribution in [0.4, 0.5) is 0 Å². The smallest absolute Gasteiger partial charge is 0.338 e. The lowest BCUT2D eigenvalue weighted by Crippen LogP contribution is -2.17. The van der Waals surface area contributed by atoms with E-state index >= 15 is 0 Å². The van der Waals surface area contributed by atoms with Crippen molar-refractivity contribution >= 4 is 11.8 Å². The number of aromatic nitrogens is 1. The van der Waals surface area contributed by atoms with E-state index in [1.165, 1.54) is 7.11 Å². The van der Waals surface area contributed by atoms with Crippen molar-refractivity contribution in [3.63, 3.8) is 0 Å². The third-order valence-corrected chi connectivity index (χ3v) is 4.94. The number of hydrogen-bond acceptors (Lipinski definition) is 6. The molecule has 0 saturated heterocycles. The molecule has 0 unspecified atom stereocenters. The van der Waals surface area contributed by atoms with Crippen LogP contribution in [-0.4, -0.2) is 50.4 Å². The summed E-state index contributed by atoms with van der Waals surface area (Å²) in [6.45, 7) is 10.7. The second-order valence-corrected chi connectivity index (χ2v) is 8.03. The molecule has 1 heterocycles. The maximum atomic E-state index is 12.7. The zero-order valence-corrected chi connectivity index (χ0v) is 19.5. The van der Waals surface area contributed by atoms with Crippen LogP contribution in [0.15, 0.2) is 24.3 Å². The van der Waals surface area contributed by atoms with Gasteiger partial charge in [0, 0.05) is 24.1 Å². The Morgan fingerprint density at radius 3 is 2.32 bits per heavy atom. The number of hydrogen-bond donors (Lipinski definition) is 0. The lowest BCUT2D eigenvalue weighted by Gasteiger charge is -2.17. The molecule has 7 nitrogen and oxygen atoms in total. The molecule has 1 aromatic carbocycles. The van der Waals surface area contributed by atoms with Crippen LogP contribution in [0.1, 0.15) is 58.9 Å². The Morgan fingerprint density at radius 1 is 1.00 bits per heavy atom. The molecule has 0 spiro atoms. The molecule has 31 heavy (non-hydrogen) atoms. The normalized spacial score (nSPS) is 12.0. The number of benzene rings is 1. The monoisotopic (exact) mass is 431 g/mol. The molecule has 0 saturated carbocycles. The fourth-order valence-corrected chi connectivity index (χ4v) is 3.52. The summed E-state index contributed by atoms with van der Waals surface area (Å²) < 4.78 is 23.6. The number of nitrogens with zero attached hydrogens (tertiary/aromatic N) is 1. The van der Waals surface area contributed by atoms with Crippen molar-refractivity contribution in [1.82, 2.24) is 4.57 Å². The van der Waals surface area contributed by atoms with Crippen molar-refractivity contribution in [1.29, 1.82) is 0 Å². The van der Waals surface area contributed by atoms with E-state index in [-0.39, 0.29) is 18.4 Å². The van der Waals surface area contributed by atoms with Gasteiger partial charge in [0.2, 0.25) is 5.78 Å².